The molecule has 0 aromatic carbocycles. The number of hydrogen-bond acceptors (Lipinski definition) is 5. The van der Waals surface area contributed by atoms with Crippen LogP contribution in [-0.2, 0) is 0 Å². The quantitative estimate of drug-likeness (QED) is 0.723. The molecule has 0 N–H and O–H groups in total. The van der Waals surface area contributed by atoms with Crippen LogP contribution in [0.25, 0.3) is 0 Å². The molecule has 0 saturated heterocycles. The van der Waals surface area contributed by atoms with E-state index in [0.29, 0.717) is 25.0 Å². The molecule has 1 aromatic heterocycles. The molecule has 1 heterocycles. The fourth-order valence-electron chi connectivity index (χ4n) is 1.22. The van der Waals surface area contributed by atoms with Gasteiger partial charge in [-0.15, -0.1) is 13.2 Å². The van der Waals surface area contributed by atoms with Gasteiger partial charge in [-0.2, -0.15) is 15.0 Å². The van der Waals surface area contributed by atoms with E-state index < -0.39 is 0 Å². The van der Waals surface area contributed by atoms with Gasteiger partial charge in [0.15, 0.2) is 0 Å². The Bertz CT molecular complexity index is 395. The summed E-state index contributed by atoms with van der Waals surface area (Å²) in [5, 5.41) is 0.178. The van der Waals surface area contributed by atoms with Gasteiger partial charge in [0.1, 0.15) is 0 Å². The standard InChI is InChI=1S/C11H16ClN5/c1-5-7-17(8-6-2)11-14-9(12)13-10(15-11)16(3)4/h5-6H,1-2,7-8H2,3-4H3. The maximum atomic E-state index is 5.87. The molecule has 5 nitrogen and oxygen atoms in total. The molecule has 0 saturated carbocycles. The van der Waals surface area contributed by atoms with Crippen molar-refractivity contribution in [1.82, 2.24) is 15.0 Å². The van der Waals surface area contributed by atoms with E-state index in [9.17, 15) is 0 Å². The lowest BCUT2D eigenvalue weighted by atomic mass is 10.4. The second-order valence-electron chi connectivity index (χ2n) is 3.58. The number of rotatable bonds is 6. The van der Waals surface area contributed by atoms with Crippen LogP contribution in [0.4, 0.5) is 11.9 Å². The SMILES string of the molecule is C=CCN(CC=C)c1nc(Cl)nc(N(C)C)n1. The second kappa shape index (κ2) is 6.20. The molecule has 0 unspecified atom stereocenters. The van der Waals surface area contributed by atoms with Gasteiger partial charge in [-0.1, -0.05) is 12.2 Å². The molecule has 0 spiro atoms. The predicted octanol–water partition coefficient (Wildman–Crippen LogP) is 1.77. The van der Waals surface area contributed by atoms with Gasteiger partial charge in [-0.05, 0) is 11.6 Å². The Hall–Kier alpha value is -1.62. The average Bonchev–Trinajstić information content (AvgIpc) is 2.28. The summed E-state index contributed by atoms with van der Waals surface area (Å²) in [6, 6.07) is 0. The second-order valence-corrected chi connectivity index (χ2v) is 3.92. The van der Waals surface area contributed by atoms with E-state index >= 15 is 0 Å². The first-order valence-electron chi connectivity index (χ1n) is 5.14. The Morgan fingerprint density at radius 2 is 1.59 bits per heavy atom. The normalized spacial score (nSPS) is 9.82. The highest BCUT2D eigenvalue weighted by Gasteiger charge is 2.11. The number of halogens is 1. The van der Waals surface area contributed by atoms with Gasteiger partial charge in [0, 0.05) is 27.2 Å². The summed E-state index contributed by atoms with van der Waals surface area (Å²) in [7, 11) is 3.70. The van der Waals surface area contributed by atoms with Gasteiger partial charge < -0.3 is 9.80 Å². The minimum atomic E-state index is 0.178. The van der Waals surface area contributed by atoms with Crippen molar-refractivity contribution in [2.24, 2.45) is 0 Å². The van der Waals surface area contributed by atoms with Crippen LogP contribution < -0.4 is 9.80 Å². The van der Waals surface area contributed by atoms with Crippen molar-refractivity contribution < 1.29 is 0 Å². The fraction of sp³-hybridized carbons (Fsp3) is 0.364. The molecule has 0 aliphatic heterocycles. The molecule has 0 fully saturated rings. The molecule has 0 amide bonds. The largest absolute Gasteiger partial charge is 0.347 e. The maximum Gasteiger partial charge on any atom is 0.232 e. The lowest BCUT2D eigenvalue weighted by Gasteiger charge is -2.20. The smallest absolute Gasteiger partial charge is 0.232 e. The van der Waals surface area contributed by atoms with Gasteiger partial charge in [-0.3, -0.25) is 0 Å². The summed E-state index contributed by atoms with van der Waals surface area (Å²) in [5.41, 5.74) is 0. The molecule has 0 aliphatic carbocycles. The van der Waals surface area contributed by atoms with E-state index in [1.165, 1.54) is 0 Å². The van der Waals surface area contributed by atoms with E-state index in [1.807, 2.05) is 19.0 Å². The molecule has 17 heavy (non-hydrogen) atoms. The molecule has 0 bridgehead atoms. The van der Waals surface area contributed by atoms with Gasteiger partial charge in [0.2, 0.25) is 17.2 Å². The summed E-state index contributed by atoms with van der Waals surface area (Å²) >= 11 is 5.87. The average molecular weight is 254 g/mol. The highest BCUT2D eigenvalue weighted by Crippen LogP contribution is 2.15. The first kappa shape index (κ1) is 13.4. The van der Waals surface area contributed by atoms with Gasteiger partial charge in [0.05, 0.1) is 0 Å². The molecule has 1 aromatic rings. The van der Waals surface area contributed by atoms with Crippen LogP contribution in [0.2, 0.25) is 5.28 Å². The van der Waals surface area contributed by atoms with Crippen molar-refractivity contribution in [2.75, 3.05) is 37.0 Å². The number of nitrogens with zero attached hydrogens (tertiary/aromatic N) is 5. The van der Waals surface area contributed by atoms with Crippen LogP contribution in [0.3, 0.4) is 0 Å². The van der Waals surface area contributed by atoms with Crippen molar-refractivity contribution in [1.29, 1.82) is 0 Å². The number of anilines is 2. The lowest BCUT2D eigenvalue weighted by molar-refractivity contribution is 0.857. The van der Waals surface area contributed by atoms with Gasteiger partial charge in [-0.25, -0.2) is 0 Å². The van der Waals surface area contributed by atoms with Crippen molar-refractivity contribution in [3.05, 3.63) is 30.6 Å². The highest BCUT2D eigenvalue weighted by molar-refractivity contribution is 6.28. The minimum Gasteiger partial charge on any atom is -0.347 e. The van der Waals surface area contributed by atoms with E-state index in [-0.39, 0.29) is 5.28 Å². The molecule has 0 radical (unpaired) electrons. The lowest BCUT2D eigenvalue weighted by Crippen LogP contribution is -2.26. The summed E-state index contributed by atoms with van der Waals surface area (Å²) in [5.74, 6) is 1.05. The van der Waals surface area contributed by atoms with Crippen LogP contribution in [-0.4, -0.2) is 42.1 Å². The zero-order chi connectivity index (χ0) is 12.8. The maximum absolute atomic E-state index is 5.87. The third kappa shape index (κ3) is 3.71. The third-order valence-corrected chi connectivity index (χ3v) is 2.14. The summed E-state index contributed by atoms with van der Waals surface area (Å²) in [6.07, 6.45) is 3.55. The Balaban J connectivity index is 3.08. The third-order valence-electron chi connectivity index (χ3n) is 1.97. The molecule has 0 atom stereocenters. The molecule has 1 rings (SSSR count). The Kier molecular flexibility index (Phi) is 4.90. The summed E-state index contributed by atoms with van der Waals surface area (Å²) in [6.45, 7) is 8.64. The van der Waals surface area contributed by atoms with Crippen LogP contribution in [0.15, 0.2) is 25.3 Å². The Labute approximate surface area is 106 Å². The van der Waals surface area contributed by atoms with Crippen molar-refractivity contribution in [2.45, 2.75) is 0 Å². The molecular weight excluding hydrogens is 238 g/mol. The van der Waals surface area contributed by atoms with Crippen LogP contribution >= 0.6 is 11.6 Å². The zero-order valence-corrected chi connectivity index (χ0v) is 10.9. The first-order valence-corrected chi connectivity index (χ1v) is 5.52. The van der Waals surface area contributed by atoms with E-state index in [1.54, 1.807) is 17.1 Å². The van der Waals surface area contributed by atoms with E-state index in [4.69, 9.17) is 11.6 Å². The van der Waals surface area contributed by atoms with Gasteiger partial charge >= 0.3 is 0 Å². The predicted molar refractivity (Wildman–Crippen MR) is 71.8 cm³/mol. The Morgan fingerprint density at radius 3 is 2.06 bits per heavy atom. The van der Waals surface area contributed by atoms with Gasteiger partial charge in [0.25, 0.3) is 0 Å². The minimum absolute atomic E-state index is 0.178. The summed E-state index contributed by atoms with van der Waals surface area (Å²) in [4.78, 5) is 16.1. The molecule has 92 valence electrons. The van der Waals surface area contributed by atoms with E-state index in [0.717, 1.165) is 0 Å². The van der Waals surface area contributed by atoms with E-state index in [2.05, 4.69) is 28.1 Å². The molecular formula is C11H16ClN5. The Morgan fingerprint density at radius 1 is 1.06 bits per heavy atom. The van der Waals surface area contributed by atoms with Crippen molar-refractivity contribution >= 4 is 23.5 Å². The molecule has 0 aliphatic rings. The molecule has 6 heteroatoms. The summed E-state index contributed by atoms with van der Waals surface area (Å²) < 4.78 is 0. The first-order chi connectivity index (χ1) is 8.08. The number of aromatic nitrogens is 3. The monoisotopic (exact) mass is 253 g/mol. The highest BCUT2D eigenvalue weighted by atomic mass is 35.5. The van der Waals surface area contributed by atoms with Crippen LogP contribution in [0.5, 0.6) is 0 Å². The van der Waals surface area contributed by atoms with Crippen LogP contribution in [0, 0.1) is 0 Å². The zero-order valence-electron chi connectivity index (χ0n) is 10.1. The van der Waals surface area contributed by atoms with Crippen molar-refractivity contribution in [3.8, 4) is 0 Å². The van der Waals surface area contributed by atoms with Crippen LogP contribution in [0.1, 0.15) is 0 Å². The topological polar surface area (TPSA) is 45.2 Å². The fourth-order valence-corrected chi connectivity index (χ4v) is 1.37. The van der Waals surface area contributed by atoms with Crippen molar-refractivity contribution in [3.63, 3.8) is 0 Å². The number of hydrogen-bond donors (Lipinski definition) is 0.